The molecule has 33 heavy (non-hydrogen) atoms. The number of amidine groups is 1. The third kappa shape index (κ3) is 4.85. The Balaban J connectivity index is 1.78. The van der Waals surface area contributed by atoms with Crippen LogP contribution in [0.5, 0.6) is 5.75 Å². The van der Waals surface area contributed by atoms with Crippen molar-refractivity contribution in [2.24, 2.45) is 4.99 Å². The van der Waals surface area contributed by atoms with E-state index in [9.17, 15) is 5.26 Å². The number of halogens is 2. The van der Waals surface area contributed by atoms with Gasteiger partial charge in [-0.05, 0) is 73.9 Å². The second kappa shape index (κ2) is 9.47. The lowest BCUT2D eigenvalue weighted by molar-refractivity contribution is 0.338. The summed E-state index contributed by atoms with van der Waals surface area (Å²) in [5.41, 5.74) is 3.29. The highest BCUT2D eigenvalue weighted by molar-refractivity contribution is 6.30. The lowest BCUT2D eigenvalue weighted by atomic mass is 9.85. The zero-order chi connectivity index (χ0) is 23.6. The molecule has 0 bridgehead atoms. The molecule has 0 aromatic heterocycles. The van der Waals surface area contributed by atoms with Crippen molar-refractivity contribution in [3.8, 4) is 11.8 Å². The van der Waals surface area contributed by atoms with Gasteiger partial charge in [0.15, 0.2) is 0 Å². The Labute approximate surface area is 204 Å². The van der Waals surface area contributed by atoms with Crippen molar-refractivity contribution < 1.29 is 4.74 Å². The SMILES string of the molecule is CCOc1cc(C(C)(C)C#N)ccc1C1=NC(c2ccc(Cl)cc2)C(c2ccc(Cl)cc2)N1. The molecule has 4 nitrogen and oxygen atoms in total. The van der Waals surface area contributed by atoms with Crippen molar-refractivity contribution >= 4 is 29.0 Å². The number of benzene rings is 3. The molecule has 0 spiro atoms. The summed E-state index contributed by atoms with van der Waals surface area (Å²) in [5, 5.41) is 14.5. The van der Waals surface area contributed by atoms with Gasteiger partial charge in [0, 0.05) is 10.0 Å². The number of nitriles is 1. The van der Waals surface area contributed by atoms with E-state index in [0.717, 1.165) is 28.1 Å². The maximum atomic E-state index is 9.56. The Morgan fingerprint density at radius 3 is 2.15 bits per heavy atom. The van der Waals surface area contributed by atoms with Gasteiger partial charge in [0.25, 0.3) is 0 Å². The van der Waals surface area contributed by atoms with Gasteiger partial charge in [0.1, 0.15) is 17.6 Å². The molecular weight excluding hydrogens is 453 g/mol. The van der Waals surface area contributed by atoms with E-state index in [0.29, 0.717) is 22.4 Å². The Morgan fingerprint density at radius 2 is 1.58 bits per heavy atom. The van der Waals surface area contributed by atoms with Crippen LogP contribution in [0.15, 0.2) is 71.7 Å². The first kappa shape index (κ1) is 23.2. The van der Waals surface area contributed by atoms with Crippen LogP contribution in [-0.2, 0) is 5.41 Å². The fourth-order valence-electron chi connectivity index (χ4n) is 3.93. The third-order valence-corrected chi connectivity index (χ3v) is 6.36. The molecule has 0 radical (unpaired) electrons. The van der Waals surface area contributed by atoms with Gasteiger partial charge in [-0.2, -0.15) is 5.26 Å². The fourth-order valence-corrected chi connectivity index (χ4v) is 4.19. The smallest absolute Gasteiger partial charge is 0.133 e. The van der Waals surface area contributed by atoms with Crippen LogP contribution in [0.2, 0.25) is 10.0 Å². The van der Waals surface area contributed by atoms with Crippen molar-refractivity contribution in [3.63, 3.8) is 0 Å². The first-order valence-corrected chi connectivity index (χ1v) is 11.6. The summed E-state index contributed by atoms with van der Waals surface area (Å²) >= 11 is 12.3. The van der Waals surface area contributed by atoms with E-state index in [-0.39, 0.29) is 12.1 Å². The molecule has 3 aromatic carbocycles. The van der Waals surface area contributed by atoms with Crippen molar-refractivity contribution in [2.45, 2.75) is 38.3 Å². The van der Waals surface area contributed by atoms with Crippen LogP contribution in [-0.4, -0.2) is 12.4 Å². The van der Waals surface area contributed by atoms with Gasteiger partial charge in [0.2, 0.25) is 0 Å². The molecule has 6 heteroatoms. The number of nitrogens with one attached hydrogen (secondary N) is 1. The molecule has 3 aromatic rings. The zero-order valence-corrected chi connectivity index (χ0v) is 20.3. The van der Waals surface area contributed by atoms with Crippen molar-refractivity contribution in [1.82, 2.24) is 5.32 Å². The number of ether oxygens (including phenoxy) is 1. The maximum absolute atomic E-state index is 9.56. The molecule has 1 heterocycles. The quantitative estimate of drug-likeness (QED) is 0.414. The minimum absolute atomic E-state index is 0.0804. The van der Waals surface area contributed by atoms with E-state index in [1.807, 2.05) is 87.5 Å². The number of nitrogens with zero attached hydrogens (tertiary/aromatic N) is 2. The summed E-state index contributed by atoms with van der Waals surface area (Å²) in [7, 11) is 0. The molecule has 0 saturated heterocycles. The van der Waals surface area contributed by atoms with Crippen LogP contribution in [0.1, 0.15) is 55.1 Å². The van der Waals surface area contributed by atoms with Gasteiger partial charge in [-0.3, -0.25) is 4.99 Å². The van der Waals surface area contributed by atoms with Crippen LogP contribution in [0.25, 0.3) is 0 Å². The van der Waals surface area contributed by atoms with Gasteiger partial charge >= 0.3 is 0 Å². The highest BCUT2D eigenvalue weighted by Gasteiger charge is 2.33. The Kier molecular flexibility index (Phi) is 6.65. The zero-order valence-electron chi connectivity index (χ0n) is 18.8. The van der Waals surface area contributed by atoms with Gasteiger partial charge in [-0.1, -0.05) is 53.5 Å². The van der Waals surface area contributed by atoms with Crippen LogP contribution in [0, 0.1) is 11.3 Å². The number of aliphatic imine (C=N–C) groups is 1. The topological polar surface area (TPSA) is 57.4 Å². The molecule has 0 amide bonds. The second-order valence-corrected chi connectivity index (χ2v) is 9.40. The van der Waals surface area contributed by atoms with Crippen molar-refractivity contribution in [1.29, 1.82) is 5.26 Å². The van der Waals surface area contributed by atoms with Crippen LogP contribution >= 0.6 is 23.2 Å². The molecule has 1 aliphatic heterocycles. The van der Waals surface area contributed by atoms with Crippen LogP contribution in [0.3, 0.4) is 0 Å². The van der Waals surface area contributed by atoms with E-state index in [1.165, 1.54) is 0 Å². The molecule has 1 aliphatic rings. The van der Waals surface area contributed by atoms with E-state index < -0.39 is 5.41 Å². The summed E-state index contributed by atoms with van der Waals surface area (Å²) in [6, 6.07) is 23.6. The van der Waals surface area contributed by atoms with Crippen molar-refractivity contribution in [2.75, 3.05) is 6.61 Å². The van der Waals surface area contributed by atoms with Gasteiger partial charge < -0.3 is 10.1 Å². The molecule has 2 unspecified atom stereocenters. The molecule has 0 aliphatic carbocycles. The van der Waals surface area contributed by atoms with E-state index in [1.54, 1.807) is 0 Å². The average Bonchev–Trinajstić information content (AvgIpc) is 3.25. The lowest BCUT2D eigenvalue weighted by Crippen LogP contribution is -2.26. The summed E-state index contributed by atoms with van der Waals surface area (Å²) in [4.78, 5) is 5.08. The van der Waals surface area contributed by atoms with Gasteiger partial charge in [0.05, 0.1) is 29.7 Å². The Morgan fingerprint density at radius 1 is 0.970 bits per heavy atom. The number of hydrogen-bond donors (Lipinski definition) is 1. The predicted octanol–water partition coefficient (Wildman–Crippen LogP) is 7.03. The minimum atomic E-state index is -0.618. The van der Waals surface area contributed by atoms with Crippen LogP contribution in [0.4, 0.5) is 0 Å². The Bertz CT molecular complexity index is 1210. The predicted molar refractivity (Wildman–Crippen MR) is 134 cm³/mol. The molecule has 2 atom stereocenters. The minimum Gasteiger partial charge on any atom is -0.493 e. The summed E-state index contributed by atoms with van der Waals surface area (Å²) < 4.78 is 5.98. The van der Waals surface area contributed by atoms with E-state index in [2.05, 4.69) is 11.4 Å². The molecule has 0 saturated carbocycles. The number of rotatable bonds is 6. The molecular formula is C27H25Cl2N3O. The highest BCUT2D eigenvalue weighted by atomic mass is 35.5. The summed E-state index contributed by atoms with van der Waals surface area (Å²) in [6.07, 6.45) is 0. The van der Waals surface area contributed by atoms with E-state index in [4.69, 9.17) is 32.9 Å². The Hall–Kier alpha value is -3.00. The average molecular weight is 478 g/mol. The lowest BCUT2D eigenvalue weighted by Gasteiger charge is -2.21. The van der Waals surface area contributed by atoms with Crippen LogP contribution < -0.4 is 10.1 Å². The molecule has 1 N–H and O–H groups in total. The summed E-state index contributed by atoms with van der Waals surface area (Å²) in [6.45, 7) is 6.26. The van der Waals surface area contributed by atoms with E-state index >= 15 is 0 Å². The largest absolute Gasteiger partial charge is 0.493 e. The third-order valence-electron chi connectivity index (χ3n) is 5.85. The summed E-state index contributed by atoms with van der Waals surface area (Å²) in [5.74, 6) is 1.45. The maximum Gasteiger partial charge on any atom is 0.133 e. The van der Waals surface area contributed by atoms with Gasteiger partial charge in [-0.25, -0.2) is 0 Å². The van der Waals surface area contributed by atoms with Gasteiger partial charge in [-0.15, -0.1) is 0 Å². The molecule has 0 fully saturated rings. The first-order chi connectivity index (χ1) is 15.8. The standard InChI is InChI=1S/C27H25Cl2N3O/c1-4-33-23-15-19(27(2,3)16-30)9-14-22(23)26-31-24(17-5-10-20(28)11-6-17)25(32-26)18-7-12-21(29)13-8-18/h5-15,24-25H,4H2,1-3H3,(H,31,32). The second-order valence-electron chi connectivity index (χ2n) is 8.53. The normalized spacial score (nSPS) is 17.8. The number of hydrogen-bond acceptors (Lipinski definition) is 4. The fraction of sp³-hybridized carbons (Fsp3) is 0.259. The molecule has 4 rings (SSSR count). The monoisotopic (exact) mass is 477 g/mol. The molecule has 168 valence electrons. The first-order valence-electron chi connectivity index (χ1n) is 10.9. The highest BCUT2D eigenvalue weighted by Crippen LogP contribution is 2.39. The van der Waals surface area contributed by atoms with Crippen molar-refractivity contribution in [3.05, 3.63) is 99.0 Å².